The molecule has 0 aromatic carbocycles. The van der Waals surface area contributed by atoms with E-state index in [-0.39, 0.29) is 28.8 Å². The van der Waals surface area contributed by atoms with Crippen molar-refractivity contribution in [2.24, 2.45) is 17.3 Å². The number of epoxide rings is 1. The molecule has 1 aliphatic heterocycles. The summed E-state index contributed by atoms with van der Waals surface area (Å²) < 4.78 is 5.99. The predicted molar refractivity (Wildman–Crippen MR) is 96.2 cm³/mol. The second-order valence-corrected chi connectivity index (χ2v) is 8.97. The number of hydrogen-bond acceptors (Lipinski definition) is 3. The van der Waals surface area contributed by atoms with Crippen LogP contribution in [-0.4, -0.2) is 28.6 Å². The van der Waals surface area contributed by atoms with Crippen LogP contribution in [0.3, 0.4) is 0 Å². The minimum Gasteiger partial charge on any atom is -0.481 e. The maximum atomic E-state index is 12.7. The Morgan fingerprint density at radius 2 is 1.96 bits per heavy atom. The van der Waals surface area contributed by atoms with E-state index in [1.807, 2.05) is 13.8 Å². The van der Waals surface area contributed by atoms with Crippen LogP contribution in [-0.2, 0) is 14.3 Å². The number of ketones is 1. The van der Waals surface area contributed by atoms with E-state index in [0.717, 1.165) is 36.0 Å². The van der Waals surface area contributed by atoms with Crippen molar-refractivity contribution in [3.63, 3.8) is 0 Å². The molecule has 3 fully saturated rings. The van der Waals surface area contributed by atoms with Crippen molar-refractivity contribution in [1.29, 1.82) is 0 Å². The first-order chi connectivity index (χ1) is 11.6. The first kappa shape index (κ1) is 18.4. The molecule has 25 heavy (non-hydrogen) atoms. The monoisotopic (exact) mass is 346 g/mol. The highest BCUT2D eigenvalue weighted by Crippen LogP contribution is 2.56. The summed E-state index contributed by atoms with van der Waals surface area (Å²) in [6, 6.07) is 0. The number of carboxylic acid groups (broad SMARTS) is 1. The Morgan fingerprint density at radius 3 is 2.56 bits per heavy atom. The standard InChI is InChI=1S/C21H30O4/c1-12(2)18-15-7-6-13(3)14(19(23)24)8-9-21(5)17(25-21)11-20(15,4)10-16(18)22/h14-15,17H,3,6-11H2,1-2,4-5H3,(H,23,24)/t14-,15-,17-,20+,21-/m1/s1. The van der Waals surface area contributed by atoms with Gasteiger partial charge in [0, 0.05) is 6.42 Å². The molecule has 0 spiro atoms. The summed E-state index contributed by atoms with van der Waals surface area (Å²) in [5.74, 6) is -0.883. The second kappa shape index (κ2) is 6.08. The normalized spacial score (nSPS) is 41.6. The minimum absolute atomic E-state index is 0.102. The van der Waals surface area contributed by atoms with Crippen LogP contribution in [0.25, 0.3) is 0 Å². The maximum Gasteiger partial charge on any atom is 0.310 e. The molecule has 2 saturated carbocycles. The summed E-state index contributed by atoms with van der Waals surface area (Å²) in [7, 11) is 0. The third-order valence-corrected chi connectivity index (χ3v) is 6.75. The van der Waals surface area contributed by atoms with E-state index in [0.29, 0.717) is 19.3 Å². The highest BCUT2D eigenvalue weighted by molar-refractivity contribution is 5.99. The maximum absolute atomic E-state index is 12.7. The van der Waals surface area contributed by atoms with Gasteiger partial charge in [0.1, 0.15) is 0 Å². The Kier molecular flexibility index (Phi) is 4.47. The van der Waals surface area contributed by atoms with Crippen LogP contribution in [0, 0.1) is 17.3 Å². The Labute approximate surface area is 150 Å². The predicted octanol–water partition coefficient (Wildman–Crippen LogP) is 4.30. The zero-order valence-electron chi connectivity index (χ0n) is 15.9. The van der Waals surface area contributed by atoms with Gasteiger partial charge in [-0.3, -0.25) is 9.59 Å². The molecule has 5 atom stereocenters. The molecule has 0 unspecified atom stereocenters. The van der Waals surface area contributed by atoms with E-state index in [9.17, 15) is 14.7 Å². The van der Waals surface area contributed by atoms with Gasteiger partial charge in [-0.25, -0.2) is 0 Å². The lowest BCUT2D eigenvalue weighted by molar-refractivity contribution is -0.140. The third kappa shape index (κ3) is 3.21. The van der Waals surface area contributed by atoms with E-state index in [2.05, 4.69) is 20.4 Å². The fourth-order valence-electron chi connectivity index (χ4n) is 5.09. The van der Waals surface area contributed by atoms with Crippen molar-refractivity contribution in [2.45, 2.75) is 77.9 Å². The molecule has 1 heterocycles. The topological polar surface area (TPSA) is 66.9 Å². The van der Waals surface area contributed by atoms with Crippen molar-refractivity contribution in [1.82, 2.24) is 0 Å². The summed E-state index contributed by atoms with van der Waals surface area (Å²) >= 11 is 0. The van der Waals surface area contributed by atoms with Crippen LogP contribution in [0.5, 0.6) is 0 Å². The van der Waals surface area contributed by atoms with Crippen molar-refractivity contribution < 1.29 is 19.4 Å². The smallest absolute Gasteiger partial charge is 0.310 e. The average Bonchev–Trinajstić information content (AvgIpc) is 3.01. The van der Waals surface area contributed by atoms with Crippen LogP contribution < -0.4 is 0 Å². The molecule has 1 saturated heterocycles. The molecule has 2 aliphatic carbocycles. The van der Waals surface area contributed by atoms with Gasteiger partial charge in [-0.15, -0.1) is 0 Å². The molecule has 0 aromatic rings. The van der Waals surface area contributed by atoms with E-state index in [1.165, 1.54) is 0 Å². The molecule has 0 bridgehead atoms. The van der Waals surface area contributed by atoms with Gasteiger partial charge >= 0.3 is 5.97 Å². The molecule has 0 aromatic heterocycles. The number of carbonyl (C=O) groups excluding carboxylic acids is 1. The number of Topliss-reactive ketones (excluding diaryl/α,β-unsaturated/α-hetero) is 1. The van der Waals surface area contributed by atoms with Gasteiger partial charge in [0.25, 0.3) is 0 Å². The Hall–Kier alpha value is -1.42. The number of ether oxygens (including phenoxy) is 1. The first-order valence-corrected chi connectivity index (χ1v) is 9.36. The van der Waals surface area contributed by atoms with Crippen molar-refractivity contribution in [2.75, 3.05) is 0 Å². The molecular weight excluding hydrogens is 316 g/mol. The van der Waals surface area contributed by atoms with Crippen molar-refractivity contribution >= 4 is 11.8 Å². The van der Waals surface area contributed by atoms with Crippen LogP contribution in [0.15, 0.2) is 23.3 Å². The van der Waals surface area contributed by atoms with Crippen molar-refractivity contribution in [3.8, 4) is 0 Å². The third-order valence-electron chi connectivity index (χ3n) is 6.75. The zero-order valence-corrected chi connectivity index (χ0v) is 15.9. The quantitative estimate of drug-likeness (QED) is 0.437. The number of aliphatic carboxylic acids is 1. The molecule has 3 aliphatic rings. The van der Waals surface area contributed by atoms with Gasteiger partial charge in [0.2, 0.25) is 0 Å². The summed E-state index contributed by atoms with van der Waals surface area (Å²) in [5, 5.41) is 9.60. The summed E-state index contributed by atoms with van der Waals surface area (Å²) in [6.45, 7) is 12.4. The van der Waals surface area contributed by atoms with Gasteiger partial charge in [0.05, 0.1) is 17.6 Å². The lowest BCUT2D eigenvalue weighted by Gasteiger charge is -2.32. The van der Waals surface area contributed by atoms with Gasteiger partial charge in [-0.05, 0) is 69.8 Å². The molecular formula is C21H30O4. The number of allylic oxidation sites excluding steroid dienone is 2. The number of fused-ring (bicyclic) bond motifs is 2. The summed E-state index contributed by atoms with van der Waals surface area (Å²) in [6.07, 6.45) is 4.36. The Bertz CT molecular complexity index is 657. The fourth-order valence-corrected chi connectivity index (χ4v) is 5.09. The molecule has 4 heteroatoms. The summed E-state index contributed by atoms with van der Waals surface area (Å²) in [4.78, 5) is 24.4. The average molecular weight is 346 g/mol. The Morgan fingerprint density at radius 1 is 1.28 bits per heavy atom. The van der Waals surface area contributed by atoms with E-state index in [4.69, 9.17) is 4.74 Å². The van der Waals surface area contributed by atoms with Gasteiger partial charge < -0.3 is 9.84 Å². The Balaban J connectivity index is 1.95. The number of carbonyl (C=O) groups is 2. The van der Waals surface area contributed by atoms with Gasteiger partial charge in [-0.2, -0.15) is 0 Å². The van der Waals surface area contributed by atoms with Gasteiger partial charge in [0.15, 0.2) is 5.78 Å². The molecule has 138 valence electrons. The highest BCUT2D eigenvalue weighted by Gasteiger charge is 2.58. The van der Waals surface area contributed by atoms with Crippen LogP contribution in [0.4, 0.5) is 0 Å². The molecule has 3 rings (SSSR count). The van der Waals surface area contributed by atoms with Crippen LogP contribution in [0.2, 0.25) is 0 Å². The first-order valence-electron chi connectivity index (χ1n) is 9.36. The highest BCUT2D eigenvalue weighted by atomic mass is 16.6. The second-order valence-electron chi connectivity index (χ2n) is 8.97. The lowest BCUT2D eigenvalue weighted by Crippen LogP contribution is -2.26. The van der Waals surface area contributed by atoms with Crippen molar-refractivity contribution in [3.05, 3.63) is 23.3 Å². The minimum atomic E-state index is -0.794. The molecule has 1 N–H and O–H groups in total. The number of rotatable bonds is 1. The van der Waals surface area contributed by atoms with Gasteiger partial charge in [-0.1, -0.05) is 24.6 Å². The number of hydrogen-bond donors (Lipinski definition) is 1. The lowest BCUT2D eigenvalue weighted by atomic mass is 9.71. The molecule has 0 radical (unpaired) electrons. The zero-order chi connectivity index (χ0) is 18.6. The molecule has 0 amide bonds. The van der Waals surface area contributed by atoms with E-state index >= 15 is 0 Å². The fraction of sp³-hybridized carbons (Fsp3) is 0.714. The van der Waals surface area contributed by atoms with Crippen LogP contribution >= 0.6 is 0 Å². The van der Waals surface area contributed by atoms with Crippen LogP contribution in [0.1, 0.15) is 66.2 Å². The largest absolute Gasteiger partial charge is 0.481 e. The SMILES string of the molecule is C=C1CC[C@@H]2C(=C(C)C)C(=O)C[C@@]2(C)C[C@H]2O[C@]2(C)CC[C@H]1C(=O)O. The molecule has 4 nitrogen and oxygen atoms in total. The number of carboxylic acids is 1. The van der Waals surface area contributed by atoms with E-state index < -0.39 is 11.9 Å². The summed E-state index contributed by atoms with van der Waals surface area (Å²) in [5.41, 5.74) is 2.49. The van der Waals surface area contributed by atoms with E-state index in [1.54, 1.807) is 0 Å².